The van der Waals surface area contributed by atoms with Crippen LogP contribution >= 0.6 is 0 Å². The van der Waals surface area contributed by atoms with Gasteiger partial charge in [0.2, 0.25) is 0 Å². The number of rotatable bonds is 5. The number of nitrogens with one attached hydrogen (secondary N) is 1. The maximum Gasteiger partial charge on any atom is 0.416 e. The summed E-state index contributed by atoms with van der Waals surface area (Å²) >= 11 is 0. The summed E-state index contributed by atoms with van der Waals surface area (Å²) in [5, 5.41) is 3.21. The van der Waals surface area contributed by atoms with Gasteiger partial charge in [0, 0.05) is 12.5 Å². The number of ketones is 1. The van der Waals surface area contributed by atoms with E-state index in [-0.39, 0.29) is 12.2 Å². The number of halogens is 3. The van der Waals surface area contributed by atoms with Crippen molar-refractivity contribution >= 4 is 5.78 Å². The van der Waals surface area contributed by atoms with Crippen LogP contribution in [0.3, 0.4) is 0 Å². The van der Waals surface area contributed by atoms with Crippen molar-refractivity contribution in [1.29, 1.82) is 0 Å². The van der Waals surface area contributed by atoms with Crippen LogP contribution in [0.5, 0.6) is 0 Å². The summed E-state index contributed by atoms with van der Waals surface area (Å²) in [6, 6.07) is 5.21. The minimum atomic E-state index is -4.33. The maximum atomic E-state index is 12.4. The second-order valence-electron chi connectivity index (χ2n) is 5.27. The van der Waals surface area contributed by atoms with E-state index >= 15 is 0 Å². The molecule has 2 nitrogen and oxygen atoms in total. The molecule has 2 rings (SSSR count). The molecule has 110 valence electrons. The van der Waals surface area contributed by atoms with Gasteiger partial charge in [-0.15, -0.1) is 0 Å². The minimum Gasteiger partial charge on any atom is -0.307 e. The molecule has 0 unspecified atom stereocenters. The molecule has 0 saturated heterocycles. The first kappa shape index (κ1) is 15.0. The van der Waals surface area contributed by atoms with Crippen LogP contribution in [-0.2, 0) is 17.4 Å². The zero-order valence-corrected chi connectivity index (χ0v) is 11.2. The average Bonchev–Trinajstić information content (AvgIpc) is 2.89. The second-order valence-corrected chi connectivity index (χ2v) is 5.27. The lowest BCUT2D eigenvalue weighted by atomic mass is 10.1. The zero-order chi connectivity index (χ0) is 14.6. The Bertz CT molecular complexity index is 447. The smallest absolute Gasteiger partial charge is 0.307 e. The van der Waals surface area contributed by atoms with E-state index in [1.165, 1.54) is 25.0 Å². The van der Waals surface area contributed by atoms with Crippen molar-refractivity contribution in [3.05, 3.63) is 35.4 Å². The molecule has 1 aromatic rings. The third kappa shape index (κ3) is 4.34. The molecule has 1 N–H and O–H groups in total. The Morgan fingerprint density at radius 1 is 1.15 bits per heavy atom. The first-order valence-electron chi connectivity index (χ1n) is 6.86. The average molecular weight is 285 g/mol. The molecule has 1 aliphatic carbocycles. The zero-order valence-electron chi connectivity index (χ0n) is 11.2. The van der Waals surface area contributed by atoms with Crippen LogP contribution in [0.1, 0.15) is 36.8 Å². The summed E-state index contributed by atoms with van der Waals surface area (Å²) in [7, 11) is 0. The molecule has 5 heteroatoms. The van der Waals surface area contributed by atoms with E-state index in [4.69, 9.17) is 0 Å². The molecule has 1 aromatic carbocycles. The van der Waals surface area contributed by atoms with E-state index in [0.29, 0.717) is 18.2 Å². The highest BCUT2D eigenvalue weighted by Crippen LogP contribution is 2.29. The Balaban J connectivity index is 1.81. The molecule has 20 heavy (non-hydrogen) atoms. The fourth-order valence-electron chi connectivity index (χ4n) is 2.49. The predicted octanol–water partition coefficient (Wildman–Crippen LogP) is 3.35. The number of alkyl halides is 3. The van der Waals surface area contributed by atoms with Gasteiger partial charge < -0.3 is 5.32 Å². The van der Waals surface area contributed by atoms with Gasteiger partial charge in [-0.05, 0) is 30.5 Å². The van der Waals surface area contributed by atoms with Gasteiger partial charge in [0.15, 0.2) is 5.78 Å². The lowest BCUT2D eigenvalue weighted by molar-refractivity contribution is -0.137. The van der Waals surface area contributed by atoms with Gasteiger partial charge in [0.1, 0.15) is 0 Å². The highest BCUT2D eigenvalue weighted by molar-refractivity contribution is 5.82. The number of carbonyl (C=O) groups excluding carboxylic acids is 1. The van der Waals surface area contributed by atoms with Crippen molar-refractivity contribution in [2.24, 2.45) is 0 Å². The van der Waals surface area contributed by atoms with Gasteiger partial charge in [0.05, 0.1) is 12.1 Å². The van der Waals surface area contributed by atoms with E-state index in [1.807, 2.05) is 0 Å². The van der Waals surface area contributed by atoms with Crippen molar-refractivity contribution in [3.8, 4) is 0 Å². The largest absolute Gasteiger partial charge is 0.416 e. The number of benzene rings is 1. The van der Waals surface area contributed by atoms with Crippen molar-refractivity contribution < 1.29 is 18.0 Å². The summed E-state index contributed by atoms with van der Waals surface area (Å²) in [5.41, 5.74) is -0.0611. The van der Waals surface area contributed by atoms with Crippen molar-refractivity contribution in [3.63, 3.8) is 0 Å². The Morgan fingerprint density at radius 2 is 1.75 bits per heavy atom. The molecule has 0 heterocycles. The molecular weight excluding hydrogens is 267 g/mol. The monoisotopic (exact) mass is 285 g/mol. The molecule has 0 amide bonds. The Morgan fingerprint density at radius 3 is 2.30 bits per heavy atom. The topological polar surface area (TPSA) is 29.1 Å². The highest BCUT2D eigenvalue weighted by Gasteiger charge is 2.29. The molecule has 0 aromatic heterocycles. The van der Waals surface area contributed by atoms with Crippen LogP contribution in [0.25, 0.3) is 0 Å². The quantitative estimate of drug-likeness (QED) is 0.899. The third-order valence-electron chi connectivity index (χ3n) is 3.63. The lowest BCUT2D eigenvalue weighted by Crippen LogP contribution is -2.32. The molecule has 0 spiro atoms. The van der Waals surface area contributed by atoms with E-state index in [2.05, 4.69) is 5.32 Å². The van der Waals surface area contributed by atoms with Crippen molar-refractivity contribution in [1.82, 2.24) is 5.32 Å². The number of hydrogen-bond donors (Lipinski definition) is 1. The molecule has 0 atom stereocenters. The van der Waals surface area contributed by atoms with Crippen LogP contribution in [0.4, 0.5) is 13.2 Å². The first-order valence-corrected chi connectivity index (χ1v) is 6.86. The van der Waals surface area contributed by atoms with Crippen LogP contribution in [0.15, 0.2) is 24.3 Å². The SMILES string of the molecule is O=C(CNC1CCCC1)Cc1ccc(C(F)(F)F)cc1. The first-order chi connectivity index (χ1) is 9.45. The van der Waals surface area contributed by atoms with E-state index < -0.39 is 11.7 Å². The molecular formula is C15H18F3NO. The van der Waals surface area contributed by atoms with Gasteiger partial charge in [-0.25, -0.2) is 0 Å². The van der Waals surface area contributed by atoms with Gasteiger partial charge >= 0.3 is 6.18 Å². The predicted molar refractivity (Wildman–Crippen MR) is 70.4 cm³/mol. The van der Waals surface area contributed by atoms with Crippen molar-refractivity contribution in [2.45, 2.75) is 44.3 Å². The normalized spacial score (nSPS) is 16.6. The second kappa shape index (κ2) is 6.39. The van der Waals surface area contributed by atoms with Gasteiger partial charge in [-0.1, -0.05) is 25.0 Å². The fourth-order valence-corrected chi connectivity index (χ4v) is 2.49. The number of carbonyl (C=O) groups is 1. The summed E-state index contributed by atoms with van der Waals surface area (Å²) in [6.07, 6.45) is 0.459. The summed E-state index contributed by atoms with van der Waals surface area (Å²) in [4.78, 5) is 11.8. The molecule has 1 fully saturated rings. The van der Waals surface area contributed by atoms with Crippen molar-refractivity contribution in [2.75, 3.05) is 6.54 Å². The summed E-state index contributed by atoms with van der Waals surface area (Å²) in [5.74, 6) is 0.0108. The lowest BCUT2D eigenvalue weighted by Gasteiger charge is -2.11. The van der Waals surface area contributed by atoms with Crippen LogP contribution < -0.4 is 5.32 Å². The molecule has 0 bridgehead atoms. The third-order valence-corrected chi connectivity index (χ3v) is 3.63. The van der Waals surface area contributed by atoms with E-state index in [9.17, 15) is 18.0 Å². The van der Waals surface area contributed by atoms with Gasteiger partial charge in [-0.3, -0.25) is 4.79 Å². The van der Waals surface area contributed by atoms with Gasteiger partial charge in [0.25, 0.3) is 0 Å². The molecule has 1 saturated carbocycles. The minimum absolute atomic E-state index is 0.0108. The fraction of sp³-hybridized carbons (Fsp3) is 0.533. The molecule has 1 aliphatic rings. The maximum absolute atomic E-state index is 12.4. The van der Waals surface area contributed by atoms with Gasteiger partial charge in [-0.2, -0.15) is 13.2 Å². The van der Waals surface area contributed by atoms with Crippen LogP contribution in [0.2, 0.25) is 0 Å². The van der Waals surface area contributed by atoms with E-state index in [0.717, 1.165) is 25.0 Å². The van der Waals surface area contributed by atoms with E-state index in [1.54, 1.807) is 0 Å². The standard InChI is InChI=1S/C15H18F3NO/c16-15(17,18)12-7-5-11(6-8-12)9-14(20)10-19-13-3-1-2-4-13/h5-8,13,19H,1-4,9-10H2. The van der Waals surface area contributed by atoms with Crippen LogP contribution in [-0.4, -0.2) is 18.4 Å². The molecule has 0 radical (unpaired) electrons. The summed E-state index contributed by atoms with van der Waals surface area (Å²) in [6.45, 7) is 0.297. The number of hydrogen-bond acceptors (Lipinski definition) is 2. The molecule has 0 aliphatic heterocycles. The Kier molecular flexibility index (Phi) is 4.81. The van der Waals surface area contributed by atoms with Crippen LogP contribution in [0, 0.1) is 0 Å². The number of Topliss-reactive ketones (excluding diaryl/α,β-unsaturated/α-hetero) is 1. The Hall–Kier alpha value is -1.36. The highest BCUT2D eigenvalue weighted by atomic mass is 19.4. The summed E-state index contributed by atoms with van der Waals surface area (Å²) < 4.78 is 37.2. The Labute approximate surface area is 116 Å².